The summed E-state index contributed by atoms with van der Waals surface area (Å²) < 4.78 is 1.66. The molecule has 122 valence electrons. The molecule has 0 saturated carbocycles. The van der Waals surface area contributed by atoms with Crippen LogP contribution in [0.25, 0.3) is 5.69 Å². The monoisotopic (exact) mass is 315 g/mol. The fourth-order valence-electron chi connectivity index (χ4n) is 2.45. The summed E-state index contributed by atoms with van der Waals surface area (Å²) in [6, 6.07) is 11.1. The highest BCUT2D eigenvalue weighted by atomic mass is 16.4. The number of para-hydroxylation sites is 1. The van der Waals surface area contributed by atoms with E-state index < -0.39 is 17.4 Å². The first-order valence-corrected chi connectivity index (χ1v) is 7.55. The third kappa shape index (κ3) is 3.59. The van der Waals surface area contributed by atoms with Crippen molar-refractivity contribution < 1.29 is 14.7 Å². The summed E-state index contributed by atoms with van der Waals surface area (Å²) in [6.07, 6.45) is 1.01. The first-order valence-electron chi connectivity index (χ1n) is 7.55. The number of aliphatic carboxylic acids is 1. The molecule has 6 heteroatoms. The summed E-state index contributed by atoms with van der Waals surface area (Å²) in [5.41, 5.74) is 0.554. The Bertz CT molecular complexity index is 709. The van der Waals surface area contributed by atoms with Gasteiger partial charge in [0.05, 0.1) is 5.69 Å². The lowest BCUT2D eigenvalue weighted by atomic mass is 9.96. The molecular weight excluding hydrogens is 294 g/mol. The SMILES string of the molecule is CCCC(C)(NC(=O)c1cc(C)n(-c2ccccc2)n1)C(=O)O. The summed E-state index contributed by atoms with van der Waals surface area (Å²) in [6.45, 7) is 5.23. The van der Waals surface area contributed by atoms with Gasteiger partial charge in [-0.05, 0) is 38.5 Å². The van der Waals surface area contributed by atoms with Gasteiger partial charge in [0.15, 0.2) is 5.69 Å². The Morgan fingerprint density at radius 1 is 1.30 bits per heavy atom. The van der Waals surface area contributed by atoms with E-state index in [1.165, 1.54) is 6.92 Å². The van der Waals surface area contributed by atoms with Crippen LogP contribution in [-0.4, -0.2) is 32.3 Å². The molecular formula is C17H21N3O3. The van der Waals surface area contributed by atoms with Crippen LogP contribution in [0.15, 0.2) is 36.4 Å². The zero-order chi connectivity index (χ0) is 17.0. The van der Waals surface area contributed by atoms with Crippen molar-refractivity contribution in [2.45, 2.75) is 39.2 Å². The van der Waals surface area contributed by atoms with E-state index in [1.807, 2.05) is 44.2 Å². The molecule has 1 heterocycles. The third-order valence-corrected chi connectivity index (χ3v) is 3.73. The second-order valence-electron chi connectivity index (χ2n) is 5.76. The van der Waals surface area contributed by atoms with E-state index in [2.05, 4.69) is 10.4 Å². The molecule has 2 aromatic rings. The Balaban J connectivity index is 2.26. The zero-order valence-electron chi connectivity index (χ0n) is 13.5. The Kier molecular flexibility index (Phi) is 4.83. The van der Waals surface area contributed by atoms with Crippen LogP contribution in [-0.2, 0) is 4.79 Å². The largest absolute Gasteiger partial charge is 0.480 e. The topological polar surface area (TPSA) is 84.2 Å². The number of hydrogen-bond donors (Lipinski definition) is 2. The molecule has 0 fully saturated rings. The van der Waals surface area contributed by atoms with Crippen LogP contribution in [0.2, 0.25) is 0 Å². The molecule has 23 heavy (non-hydrogen) atoms. The average Bonchev–Trinajstić information content (AvgIpc) is 2.90. The lowest BCUT2D eigenvalue weighted by molar-refractivity contribution is -0.144. The van der Waals surface area contributed by atoms with Crippen LogP contribution < -0.4 is 5.32 Å². The summed E-state index contributed by atoms with van der Waals surface area (Å²) in [7, 11) is 0. The minimum absolute atomic E-state index is 0.204. The first-order chi connectivity index (χ1) is 10.9. The molecule has 0 radical (unpaired) electrons. The molecule has 1 aromatic carbocycles. The van der Waals surface area contributed by atoms with Gasteiger partial charge in [-0.25, -0.2) is 9.48 Å². The number of carboxylic acid groups (broad SMARTS) is 1. The molecule has 2 N–H and O–H groups in total. The zero-order valence-corrected chi connectivity index (χ0v) is 13.5. The fraction of sp³-hybridized carbons (Fsp3) is 0.353. The maximum Gasteiger partial charge on any atom is 0.329 e. The van der Waals surface area contributed by atoms with E-state index in [4.69, 9.17) is 0 Å². The number of hydrogen-bond acceptors (Lipinski definition) is 3. The second kappa shape index (κ2) is 6.64. The summed E-state index contributed by atoms with van der Waals surface area (Å²) in [4.78, 5) is 23.8. The number of rotatable bonds is 6. The van der Waals surface area contributed by atoms with Gasteiger partial charge < -0.3 is 10.4 Å². The van der Waals surface area contributed by atoms with Gasteiger partial charge in [0, 0.05) is 5.69 Å². The van der Waals surface area contributed by atoms with Crippen LogP contribution in [0.5, 0.6) is 0 Å². The predicted octanol–water partition coefficient (Wildman–Crippen LogP) is 2.55. The number of aromatic nitrogens is 2. The number of aryl methyl sites for hydroxylation is 1. The first kappa shape index (κ1) is 16.7. The molecule has 1 unspecified atom stereocenters. The molecule has 1 amide bonds. The summed E-state index contributed by atoms with van der Waals surface area (Å²) in [5.74, 6) is -1.53. The summed E-state index contributed by atoms with van der Waals surface area (Å²) >= 11 is 0. The van der Waals surface area contributed by atoms with Gasteiger partial charge in [-0.3, -0.25) is 4.79 Å². The van der Waals surface area contributed by atoms with Crippen molar-refractivity contribution in [2.75, 3.05) is 0 Å². The van der Waals surface area contributed by atoms with E-state index in [9.17, 15) is 14.7 Å². The fourth-order valence-corrected chi connectivity index (χ4v) is 2.45. The molecule has 1 aromatic heterocycles. The van der Waals surface area contributed by atoms with E-state index >= 15 is 0 Å². The molecule has 0 aliphatic heterocycles. The number of nitrogens with zero attached hydrogens (tertiary/aromatic N) is 2. The van der Waals surface area contributed by atoms with Crippen molar-refractivity contribution in [3.63, 3.8) is 0 Å². The van der Waals surface area contributed by atoms with Gasteiger partial charge in [-0.15, -0.1) is 0 Å². The van der Waals surface area contributed by atoms with Crippen LogP contribution in [0.3, 0.4) is 0 Å². The molecule has 0 saturated heterocycles. The van der Waals surface area contributed by atoms with Crippen molar-refractivity contribution in [1.29, 1.82) is 0 Å². The Labute approximate surface area is 135 Å². The maximum absolute atomic E-state index is 12.4. The van der Waals surface area contributed by atoms with E-state index in [0.717, 1.165) is 11.4 Å². The van der Waals surface area contributed by atoms with E-state index in [1.54, 1.807) is 10.7 Å². The number of carbonyl (C=O) groups excluding carboxylic acids is 1. The molecule has 2 rings (SSSR count). The summed E-state index contributed by atoms with van der Waals surface area (Å²) in [5, 5.41) is 16.2. The minimum atomic E-state index is -1.30. The average molecular weight is 315 g/mol. The molecule has 0 aliphatic rings. The molecule has 1 atom stereocenters. The highest BCUT2D eigenvalue weighted by Crippen LogP contribution is 2.16. The van der Waals surface area contributed by atoms with Gasteiger partial charge in [-0.1, -0.05) is 31.5 Å². The van der Waals surface area contributed by atoms with E-state index in [0.29, 0.717) is 12.8 Å². The minimum Gasteiger partial charge on any atom is -0.480 e. The van der Waals surface area contributed by atoms with Crippen LogP contribution in [0, 0.1) is 6.92 Å². The molecule has 0 spiro atoms. The highest BCUT2D eigenvalue weighted by Gasteiger charge is 2.34. The standard InChI is InChI=1S/C17H21N3O3/c1-4-10-17(3,16(22)23)18-15(21)14-11-12(2)20(19-14)13-8-6-5-7-9-13/h5-9,11H,4,10H2,1-3H3,(H,18,21)(H,22,23). The van der Waals surface area contributed by atoms with Crippen molar-refractivity contribution in [3.05, 3.63) is 47.8 Å². The maximum atomic E-state index is 12.4. The number of nitrogens with one attached hydrogen (secondary N) is 1. The van der Waals surface area contributed by atoms with Gasteiger partial charge in [0.2, 0.25) is 0 Å². The van der Waals surface area contributed by atoms with Gasteiger partial charge in [0.1, 0.15) is 5.54 Å². The van der Waals surface area contributed by atoms with E-state index in [-0.39, 0.29) is 5.69 Å². The van der Waals surface area contributed by atoms with Gasteiger partial charge in [0.25, 0.3) is 5.91 Å². The Hall–Kier alpha value is -2.63. The second-order valence-corrected chi connectivity index (χ2v) is 5.76. The molecule has 0 aliphatic carbocycles. The van der Waals surface area contributed by atoms with Crippen molar-refractivity contribution in [1.82, 2.24) is 15.1 Å². The Morgan fingerprint density at radius 3 is 2.52 bits per heavy atom. The van der Waals surface area contributed by atoms with Crippen LogP contribution >= 0.6 is 0 Å². The van der Waals surface area contributed by atoms with Crippen molar-refractivity contribution in [2.24, 2.45) is 0 Å². The van der Waals surface area contributed by atoms with Gasteiger partial charge in [-0.2, -0.15) is 5.10 Å². The molecule has 6 nitrogen and oxygen atoms in total. The Morgan fingerprint density at radius 2 is 1.96 bits per heavy atom. The smallest absolute Gasteiger partial charge is 0.329 e. The number of carboxylic acids is 1. The predicted molar refractivity (Wildman–Crippen MR) is 86.7 cm³/mol. The number of carbonyl (C=O) groups is 2. The lowest BCUT2D eigenvalue weighted by Crippen LogP contribution is -2.52. The number of amides is 1. The van der Waals surface area contributed by atoms with Crippen LogP contribution in [0.4, 0.5) is 0 Å². The normalized spacial score (nSPS) is 13.3. The van der Waals surface area contributed by atoms with Crippen molar-refractivity contribution >= 4 is 11.9 Å². The quantitative estimate of drug-likeness (QED) is 0.858. The highest BCUT2D eigenvalue weighted by molar-refractivity contribution is 5.96. The van der Waals surface area contributed by atoms with Crippen LogP contribution in [0.1, 0.15) is 42.9 Å². The lowest BCUT2D eigenvalue weighted by Gasteiger charge is -2.25. The molecule has 0 bridgehead atoms. The third-order valence-electron chi connectivity index (χ3n) is 3.73. The number of benzene rings is 1. The van der Waals surface area contributed by atoms with Crippen molar-refractivity contribution in [3.8, 4) is 5.69 Å². The van der Waals surface area contributed by atoms with Gasteiger partial charge >= 0.3 is 5.97 Å².